The summed E-state index contributed by atoms with van der Waals surface area (Å²) < 4.78 is 5.34. The maximum atomic E-state index is 5.73. The lowest BCUT2D eigenvalue weighted by molar-refractivity contribution is 0.0378. The summed E-state index contributed by atoms with van der Waals surface area (Å²) in [5, 5.41) is 6.43. The van der Waals surface area contributed by atoms with Gasteiger partial charge in [-0.3, -0.25) is 4.90 Å². The van der Waals surface area contributed by atoms with Gasteiger partial charge in [0.25, 0.3) is 0 Å². The highest BCUT2D eigenvalue weighted by molar-refractivity contribution is 7.16. The summed E-state index contributed by atoms with van der Waals surface area (Å²) in [4.78, 5) is 11.9. The van der Waals surface area contributed by atoms with Crippen LogP contribution in [0.15, 0.2) is 11.4 Å². The van der Waals surface area contributed by atoms with E-state index >= 15 is 0 Å². The van der Waals surface area contributed by atoms with E-state index in [4.69, 9.17) is 10.5 Å². The van der Waals surface area contributed by atoms with Crippen molar-refractivity contribution in [1.82, 2.24) is 14.9 Å². The van der Waals surface area contributed by atoms with Gasteiger partial charge in [-0.15, -0.1) is 11.3 Å². The lowest BCUT2D eigenvalue weighted by Gasteiger charge is -2.26. The molecule has 7 heteroatoms. The minimum Gasteiger partial charge on any atom is -0.379 e. The summed E-state index contributed by atoms with van der Waals surface area (Å²) in [5.74, 6) is 1.17. The molecule has 0 aliphatic carbocycles. The van der Waals surface area contributed by atoms with Crippen molar-refractivity contribution in [3.05, 3.63) is 11.4 Å². The van der Waals surface area contributed by atoms with E-state index in [1.807, 2.05) is 11.4 Å². The van der Waals surface area contributed by atoms with Crippen LogP contribution < -0.4 is 11.1 Å². The van der Waals surface area contributed by atoms with Crippen LogP contribution in [-0.4, -0.2) is 54.3 Å². The molecule has 0 amide bonds. The fourth-order valence-corrected chi connectivity index (χ4v) is 3.11. The van der Waals surface area contributed by atoms with Crippen molar-refractivity contribution in [3.63, 3.8) is 0 Å². The zero-order chi connectivity index (χ0) is 13.8. The highest BCUT2D eigenvalue weighted by Crippen LogP contribution is 2.25. The van der Waals surface area contributed by atoms with E-state index in [1.54, 1.807) is 11.3 Å². The van der Waals surface area contributed by atoms with Crippen molar-refractivity contribution in [2.75, 3.05) is 50.4 Å². The molecule has 0 radical (unpaired) electrons. The molecule has 0 aromatic carbocycles. The number of nitrogens with zero attached hydrogens (tertiary/aromatic N) is 3. The summed E-state index contributed by atoms with van der Waals surface area (Å²) in [6.45, 7) is 5.75. The predicted molar refractivity (Wildman–Crippen MR) is 82.2 cm³/mol. The molecule has 1 aliphatic rings. The van der Waals surface area contributed by atoms with Gasteiger partial charge >= 0.3 is 0 Å². The lowest BCUT2D eigenvalue weighted by Crippen LogP contribution is -2.37. The molecule has 0 unspecified atom stereocenters. The Balaban J connectivity index is 1.53. The van der Waals surface area contributed by atoms with E-state index in [0.717, 1.165) is 61.8 Å². The molecular weight excluding hydrogens is 274 g/mol. The zero-order valence-corrected chi connectivity index (χ0v) is 12.2. The van der Waals surface area contributed by atoms with Crippen molar-refractivity contribution < 1.29 is 4.74 Å². The number of ether oxygens (including phenoxy) is 1. The highest BCUT2D eigenvalue weighted by Gasteiger charge is 2.10. The summed E-state index contributed by atoms with van der Waals surface area (Å²) >= 11 is 1.58. The summed E-state index contributed by atoms with van der Waals surface area (Å²) in [6, 6.07) is 2.03. The molecule has 2 aromatic rings. The number of hydrogen-bond donors (Lipinski definition) is 2. The van der Waals surface area contributed by atoms with Gasteiger partial charge in [0.15, 0.2) is 0 Å². The third-order valence-corrected chi connectivity index (χ3v) is 4.20. The van der Waals surface area contributed by atoms with E-state index in [0.29, 0.717) is 5.95 Å². The monoisotopic (exact) mass is 293 g/mol. The highest BCUT2D eigenvalue weighted by atomic mass is 32.1. The number of rotatable bonds is 5. The van der Waals surface area contributed by atoms with Crippen molar-refractivity contribution in [2.24, 2.45) is 0 Å². The van der Waals surface area contributed by atoms with Crippen molar-refractivity contribution in [1.29, 1.82) is 0 Å². The van der Waals surface area contributed by atoms with Crippen LogP contribution in [0.3, 0.4) is 0 Å². The quantitative estimate of drug-likeness (QED) is 0.812. The SMILES string of the molecule is Nc1nc(NCCCN2CCOCC2)c2ccsc2n1. The van der Waals surface area contributed by atoms with Gasteiger partial charge < -0.3 is 15.8 Å². The molecule has 0 atom stereocenters. The molecule has 0 bridgehead atoms. The van der Waals surface area contributed by atoms with Crippen LogP contribution in [0.1, 0.15) is 6.42 Å². The molecule has 6 nitrogen and oxygen atoms in total. The molecule has 20 heavy (non-hydrogen) atoms. The second kappa shape index (κ2) is 6.34. The van der Waals surface area contributed by atoms with E-state index in [1.165, 1.54) is 0 Å². The minimum atomic E-state index is 0.329. The number of fused-ring (bicyclic) bond motifs is 1. The van der Waals surface area contributed by atoms with Crippen molar-refractivity contribution in [3.8, 4) is 0 Å². The third-order valence-electron chi connectivity index (χ3n) is 3.39. The Morgan fingerprint density at radius 3 is 3.05 bits per heavy atom. The number of nitrogen functional groups attached to an aromatic ring is 1. The van der Waals surface area contributed by atoms with Crippen molar-refractivity contribution in [2.45, 2.75) is 6.42 Å². The lowest BCUT2D eigenvalue weighted by atomic mass is 10.3. The second-order valence-electron chi connectivity index (χ2n) is 4.80. The van der Waals surface area contributed by atoms with Gasteiger partial charge in [-0.2, -0.15) is 4.98 Å². The van der Waals surface area contributed by atoms with Crippen LogP contribution in [0.4, 0.5) is 11.8 Å². The predicted octanol–water partition coefficient (Wildman–Crippen LogP) is 1.41. The Bertz CT molecular complexity index is 567. The molecule has 3 rings (SSSR count). The van der Waals surface area contributed by atoms with Gasteiger partial charge in [-0.1, -0.05) is 0 Å². The number of thiophene rings is 1. The van der Waals surface area contributed by atoms with Crippen LogP contribution >= 0.6 is 11.3 Å². The third kappa shape index (κ3) is 3.17. The molecule has 0 spiro atoms. The van der Waals surface area contributed by atoms with E-state index in [9.17, 15) is 0 Å². The molecule has 3 heterocycles. The molecule has 0 saturated carbocycles. The first-order chi connectivity index (χ1) is 9.83. The second-order valence-corrected chi connectivity index (χ2v) is 5.70. The van der Waals surface area contributed by atoms with Gasteiger partial charge in [0.05, 0.1) is 18.6 Å². The number of hydrogen-bond acceptors (Lipinski definition) is 7. The summed E-state index contributed by atoms with van der Waals surface area (Å²) in [6.07, 6.45) is 1.08. The topological polar surface area (TPSA) is 76.3 Å². The maximum absolute atomic E-state index is 5.73. The normalized spacial score (nSPS) is 16.6. The first kappa shape index (κ1) is 13.5. The van der Waals surface area contributed by atoms with E-state index < -0.39 is 0 Å². The van der Waals surface area contributed by atoms with Crippen LogP contribution in [0.5, 0.6) is 0 Å². The minimum absolute atomic E-state index is 0.329. The Morgan fingerprint density at radius 2 is 2.20 bits per heavy atom. The zero-order valence-electron chi connectivity index (χ0n) is 11.3. The fraction of sp³-hybridized carbons (Fsp3) is 0.538. The average Bonchev–Trinajstić information content (AvgIpc) is 2.92. The molecular formula is C13H19N5OS. The van der Waals surface area contributed by atoms with Crippen LogP contribution in [-0.2, 0) is 4.74 Å². The Hall–Kier alpha value is -1.44. The maximum Gasteiger partial charge on any atom is 0.223 e. The number of anilines is 2. The van der Waals surface area contributed by atoms with Crippen LogP contribution in [0.2, 0.25) is 0 Å². The largest absolute Gasteiger partial charge is 0.379 e. The van der Waals surface area contributed by atoms with Gasteiger partial charge in [-0.05, 0) is 24.4 Å². The fourth-order valence-electron chi connectivity index (χ4n) is 2.34. The Morgan fingerprint density at radius 1 is 1.35 bits per heavy atom. The van der Waals surface area contributed by atoms with Crippen LogP contribution in [0.25, 0.3) is 10.2 Å². The van der Waals surface area contributed by atoms with Gasteiger partial charge in [-0.25, -0.2) is 4.98 Å². The first-order valence-electron chi connectivity index (χ1n) is 6.87. The van der Waals surface area contributed by atoms with E-state index in [2.05, 4.69) is 20.2 Å². The number of nitrogens with one attached hydrogen (secondary N) is 1. The molecule has 1 aliphatic heterocycles. The average molecular weight is 293 g/mol. The standard InChI is InChI=1S/C13H19N5OS/c14-13-16-11(10-2-9-20-12(10)17-13)15-3-1-4-18-5-7-19-8-6-18/h2,9H,1,3-8H2,(H3,14,15,16,17). The number of aromatic nitrogens is 2. The van der Waals surface area contributed by atoms with Gasteiger partial charge in [0.1, 0.15) is 10.6 Å². The van der Waals surface area contributed by atoms with Gasteiger partial charge in [0.2, 0.25) is 5.95 Å². The Labute approximate surface area is 122 Å². The molecule has 2 aromatic heterocycles. The van der Waals surface area contributed by atoms with Gasteiger partial charge in [0, 0.05) is 19.6 Å². The molecule has 3 N–H and O–H groups in total. The van der Waals surface area contributed by atoms with Crippen molar-refractivity contribution >= 4 is 33.3 Å². The van der Waals surface area contributed by atoms with E-state index in [-0.39, 0.29) is 0 Å². The molecule has 108 valence electrons. The smallest absolute Gasteiger partial charge is 0.223 e. The van der Waals surface area contributed by atoms with Crippen LogP contribution in [0, 0.1) is 0 Å². The number of nitrogens with two attached hydrogens (primary N) is 1. The summed E-state index contributed by atoms with van der Waals surface area (Å²) in [5.41, 5.74) is 5.73. The first-order valence-corrected chi connectivity index (χ1v) is 7.75. The molecule has 1 fully saturated rings. The molecule has 1 saturated heterocycles. The summed E-state index contributed by atoms with van der Waals surface area (Å²) in [7, 11) is 0. The number of morpholine rings is 1. The Kier molecular flexibility index (Phi) is 4.29.